The van der Waals surface area contributed by atoms with Gasteiger partial charge in [-0.2, -0.15) is 0 Å². The molecule has 0 saturated heterocycles. The molecule has 0 fully saturated rings. The minimum absolute atomic E-state index is 0.285. The Morgan fingerprint density at radius 1 is 1.29 bits per heavy atom. The third-order valence-corrected chi connectivity index (χ3v) is 3.83. The summed E-state index contributed by atoms with van der Waals surface area (Å²) in [6.07, 6.45) is -1.80. The fourth-order valence-electron chi connectivity index (χ4n) is 1.42. The van der Waals surface area contributed by atoms with Crippen molar-refractivity contribution in [1.82, 2.24) is 4.72 Å². The van der Waals surface area contributed by atoms with Gasteiger partial charge in [-0.3, -0.25) is 0 Å². The predicted molar refractivity (Wildman–Crippen MR) is 72.1 cm³/mol. The first-order valence-electron chi connectivity index (χ1n) is 5.80. The number of hydrogen-bond donors (Lipinski definition) is 3. The highest BCUT2D eigenvalue weighted by molar-refractivity contribution is 7.88. The monoisotopic (exact) mass is 317 g/mol. The number of aliphatic hydroxyl groups excluding tert-OH is 1. The van der Waals surface area contributed by atoms with Crippen molar-refractivity contribution in [2.24, 2.45) is 0 Å². The Hall–Kier alpha value is -1.97. The molecular weight excluding hydrogens is 302 g/mol. The largest absolute Gasteiger partial charge is 0.479 e. The maximum atomic E-state index is 11.7. The molecule has 0 saturated carbocycles. The van der Waals surface area contributed by atoms with Gasteiger partial charge >= 0.3 is 11.9 Å². The van der Waals surface area contributed by atoms with E-state index in [2.05, 4.69) is 4.74 Å². The lowest BCUT2D eigenvalue weighted by molar-refractivity contribution is -0.146. The zero-order valence-corrected chi connectivity index (χ0v) is 12.0. The number of carboxylic acids is 1. The first kappa shape index (κ1) is 17.1. The van der Waals surface area contributed by atoms with Crippen molar-refractivity contribution in [2.75, 3.05) is 13.7 Å². The second-order valence-corrected chi connectivity index (χ2v) is 5.96. The van der Waals surface area contributed by atoms with E-state index in [1.165, 1.54) is 31.4 Å². The van der Waals surface area contributed by atoms with E-state index in [0.717, 1.165) is 0 Å². The molecule has 0 spiro atoms. The van der Waals surface area contributed by atoms with Crippen molar-refractivity contribution >= 4 is 22.0 Å². The van der Waals surface area contributed by atoms with E-state index in [-0.39, 0.29) is 5.56 Å². The smallest absolute Gasteiger partial charge is 0.337 e. The average Bonchev–Trinajstić information content (AvgIpc) is 2.44. The Balaban J connectivity index is 2.67. The van der Waals surface area contributed by atoms with Crippen molar-refractivity contribution in [2.45, 2.75) is 11.9 Å². The predicted octanol–water partition coefficient (Wildman–Crippen LogP) is -0.662. The number of methoxy groups -OCH3 is 1. The Labute approximate surface area is 121 Å². The molecule has 116 valence electrons. The number of carboxylic acid groups (broad SMARTS) is 1. The molecule has 0 amide bonds. The maximum absolute atomic E-state index is 11.7. The fourth-order valence-corrected chi connectivity index (χ4v) is 2.56. The van der Waals surface area contributed by atoms with Crippen LogP contribution in [-0.2, 0) is 25.3 Å². The molecule has 1 aromatic carbocycles. The minimum atomic E-state index is -3.79. The molecule has 0 heterocycles. The van der Waals surface area contributed by atoms with Crippen molar-refractivity contribution in [3.05, 3.63) is 35.4 Å². The molecule has 0 bridgehead atoms. The van der Waals surface area contributed by atoms with E-state index < -0.39 is 40.4 Å². The van der Waals surface area contributed by atoms with Gasteiger partial charge in [0.1, 0.15) is 0 Å². The fraction of sp³-hybridized carbons (Fsp3) is 0.333. The van der Waals surface area contributed by atoms with E-state index >= 15 is 0 Å². The highest BCUT2D eigenvalue weighted by atomic mass is 32.2. The number of benzene rings is 1. The SMILES string of the molecule is COC(=O)c1ccc(CS(=O)(=O)NCC(O)C(=O)O)cc1. The van der Waals surface area contributed by atoms with Crippen LogP contribution < -0.4 is 4.72 Å². The Kier molecular flexibility index (Phi) is 5.82. The van der Waals surface area contributed by atoms with Gasteiger partial charge in [-0.05, 0) is 17.7 Å². The van der Waals surface area contributed by atoms with E-state index in [1.807, 2.05) is 4.72 Å². The lowest BCUT2D eigenvalue weighted by Gasteiger charge is -2.09. The van der Waals surface area contributed by atoms with Crippen LogP contribution in [0.1, 0.15) is 15.9 Å². The highest BCUT2D eigenvalue weighted by Gasteiger charge is 2.18. The van der Waals surface area contributed by atoms with Crippen LogP contribution in [0, 0.1) is 0 Å². The van der Waals surface area contributed by atoms with Crippen LogP contribution in [-0.4, -0.2) is 50.3 Å². The molecule has 9 heteroatoms. The Morgan fingerprint density at radius 3 is 2.33 bits per heavy atom. The summed E-state index contributed by atoms with van der Waals surface area (Å²) in [5.74, 6) is -2.45. The van der Waals surface area contributed by atoms with Crippen LogP contribution in [0.4, 0.5) is 0 Å². The zero-order valence-electron chi connectivity index (χ0n) is 11.1. The molecule has 1 unspecified atom stereocenters. The molecule has 0 aromatic heterocycles. The molecule has 0 aliphatic carbocycles. The number of hydrogen-bond acceptors (Lipinski definition) is 6. The maximum Gasteiger partial charge on any atom is 0.337 e. The summed E-state index contributed by atoms with van der Waals surface area (Å²) < 4.78 is 29.9. The quantitative estimate of drug-likeness (QED) is 0.569. The van der Waals surface area contributed by atoms with Gasteiger partial charge in [0.2, 0.25) is 10.0 Å². The molecule has 0 radical (unpaired) electrons. The summed E-state index contributed by atoms with van der Waals surface area (Å²) in [5.41, 5.74) is 0.688. The molecule has 0 aliphatic rings. The van der Waals surface area contributed by atoms with Gasteiger partial charge in [-0.15, -0.1) is 0 Å². The third kappa shape index (κ3) is 5.50. The molecule has 1 rings (SSSR count). The van der Waals surface area contributed by atoms with Gasteiger partial charge in [-0.1, -0.05) is 12.1 Å². The Morgan fingerprint density at radius 2 is 1.86 bits per heavy atom. The van der Waals surface area contributed by atoms with Crippen LogP contribution in [0.3, 0.4) is 0 Å². The molecule has 1 atom stereocenters. The lowest BCUT2D eigenvalue weighted by Crippen LogP contribution is -2.37. The second kappa shape index (κ2) is 7.16. The summed E-state index contributed by atoms with van der Waals surface area (Å²) in [7, 11) is -2.56. The first-order chi connectivity index (χ1) is 9.75. The number of aliphatic hydroxyl groups is 1. The summed E-state index contributed by atoms with van der Waals surface area (Å²) in [6, 6.07) is 5.73. The number of nitrogens with one attached hydrogen (secondary N) is 1. The number of rotatable bonds is 7. The number of sulfonamides is 1. The number of ether oxygens (including phenoxy) is 1. The number of aliphatic carboxylic acids is 1. The van der Waals surface area contributed by atoms with Crippen LogP contribution in [0.25, 0.3) is 0 Å². The molecular formula is C12H15NO7S. The van der Waals surface area contributed by atoms with E-state index in [0.29, 0.717) is 5.56 Å². The summed E-state index contributed by atoms with van der Waals surface area (Å²) in [5, 5.41) is 17.4. The van der Waals surface area contributed by atoms with E-state index in [9.17, 15) is 18.0 Å². The van der Waals surface area contributed by atoms with Crippen LogP contribution >= 0.6 is 0 Å². The highest BCUT2D eigenvalue weighted by Crippen LogP contribution is 2.08. The van der Waals surface area contributed by atoms with Crippen molar-refractivity contribution in [1.29, 1.82) is 0 Å². The molecule has 21 heavy (non-hydrogen) atoms. The summed E-state index contributed by atoms with van der Waals surface area (Å²) in [4.78, 5) is 21.6. The van der Waals surface area contributed by atoms with Crippen LogP contribution in [0.5, 0.6) is 0 Å². The van der Waals surface area contributed by atoms with Gasteiger partial charge in [0.25, 0.3) is 0 Å². The average molecular weight is 317 g/mol. The first-order valence-corrected chi connectivity index (χ1v) is 7.46. The van der Waals surface area contributed by atoms with E-state index in [1.54, 1.807) is 0 Å². The van der Waals surface area contributed by atoms with Crippen LogP contribution in [0.15, 0.2) is 24.3 Å². The van der Waals surface area contributed by atoms with Crippen LogP contribution in [0.2, 0.25) is 0 Å². The Bertz CT molecular complexity index is 609. The number of carbonyl (C=O) groups excluding carboxylic acids is 1. The van der Waals surface area contributed by atoms with Crippen molar-refractivity contribution < 1.29 is 33.0 Å². The minimum Gasteiger partial charge on any atom is -0.479 e. The van der Waals surface area contributed by atoms with Gasteiger partial charge < -0.3 is 14.9 Å². The summed E-state index contributed by atoms with van der Waals surface area (Å²) in [6.45, 7) is -0.613. The van der Waals surface area contributed by atoms with Gasteiger partial charge in [-0.25, -0.2) is 22.7 Å². The van der Waals surface area contributed by atoms with E-state index in [4.69, 9.17) is 10.2 Å². The van der Waals surface area contributed by atoms with Gasteiger partial charge in [0, 0.05) is 6.54 Å². The molecule has 1 aromatic rings. The number of esters is 1. The number of carbonyl (C=O) groups is 2. The van der Waals surface area contributed by atoms with Crippen molar-refractivity contribution in [3.8, 4) is 0 Å². The topological polar surface area (TPSA) is 130 Å². The summed E-state index contributed by atoms with van der Waals surface area (Å²) >= 11 is 0. The van der Waals surface area contributed by atoms with Gasteiger partial charge in [0.15, 0.2) is 6.10 Å². The normalized spacial score (nSPS) is 12.7. The van der Waals surface area contributed by atoms with Crippen molar-refractivity contribution in [3.63, 3.8) is 0 Å². The molecule has 8 nitrogen and oxygen atoms in total. The third-order valence-electron chi connectivity index (χ3n) is 2.51. The standard InChI is InChI=1S/C12H15NO7S/c1-20-12(17)9-4-2-8(3-5-9)7-21(18,19)13-6-10(14)11(15)16/h2-5,10,13-14H,6-7H2,1H3,(H,15,16). The van der Waals surface area contributed by atoms with Gasteiger partial charge in [0.05, 0.1) is 18.4 Å². The molecule has 3 N–H and O–H groups in total. The lowest BCUT2D eigenvalue weighted by atomic mass is 10.1. The zero-order chi connectivity index (χ0) is 16.0. The molecule has 0 aliphatic heterocycles. The second-order valence-electron chi connectivity index (χ2n) is 4.15.